The Labute approximate surface area is 155 Å². The maximum atomic E-state index is 6.03. The molecule has 0 bridgehead atoms. The highest BCUT2D eigenvalue weighted by molar-refractivity contribution is 6.30. The maximum absolute atomic E-state index is 6.03. The number of likely N-dealkylation sites (N-methyl/N-ethyl adjacent to an activating group) is 1. The zero-order valence-electron chi connectivity index (χ0n) is 14.9. The number of rotatable bonds is 8. The van der Waals surface area contributed by atoms with Crippen molar-refractivity contribution < 1.29 is 4.74 Å². The van der Waals surface area contributed by atoms with Crippen molar-refractivity contribution in [2.24, 2.45) is 0 Å². The van der Waals surface area contributed by atoms with Crippen LogP contribution in [0.15, 0.2) is 48.5 Å². The molecular formula is C21H27ClN2O. The Morgan fingerprint density at radius 3 is 2.76 bits per heavy atom. The van der Waals surface area contributed by atoms with Crippen LogP contribution in [0.5, 0.6) is 5.75 Å². The molecule has 1 fully saturated rings. The Morgan fingerprint density at radius 1 is 1.16 bits per heavy atom. The topological polar surface area (TPSA) is 24.5 Å². The van der Waals surface area contributed by atoms with E-state index in [0.29, 0.717) is 12.6 Å². The van der Waals surface area contributed by atoms with E-state index >= 15 is 0 Å². The van der Waals surface area contributed by atoms with E-state index in [-0.39, 0.29) is 0 Å². The second-order valence-corrected chi connectivity index (χ2v) is 7.01. The van der Waals surface area contributed by atoms with Crippen LogP contribution in [-0.2, 0) is 13.2 Å². The smallest absolute Gasteiger partial charge is 0.124 e. The van der Waals surface area contributed by atoms with Gasteiger partial charge in [0.25, 0.3) is 0 Å². The van der Waals surface area contributed by atoms with E-state index in [4.69, 9.17) is 16.3 Å². The van der Waals surface area contributed by atoms with Crippen LogP contribution in [0.4, 0.5) is 0 Å². The van der Waals surface area contributed by atoms with E-state index in [0.717, 1.165) is 36.0 Å². The summed E-state index contributed by atoms with van der Waals surface area (Å²) in [5.41, 5.74) is 2.33. The number of halogens is 1. The molecule has 2 aromatic rings. The van der Waals surface area contributed by atoms with Gasteiger partial charge in [0.2, 0.25) is 0 Å². The number of likely N-dealkylation sites (tertiary alicyclic amines) is 1. The van der Waals surface area contributed by atoms with Gasteiger partial charge in [-0.2, -0.15) is 0 Å². The van der Waals surface area contributed by atoms with Gasteiger partial charge in [0, 0.05) is 29.7 Å². The zero-order valence-corrected chi connectivity index (χ0v) is 15.6. The van der Waals surface area contributed by atoms with E-state index in [1.54, 1.807) is 0 Å². The highest BCUT2D eigenvalue weighted by Crippen LogP contribution is 2.21. The SMILES string of the molecule is CCN1CCC[C@H]1CNCc1ccccc1OCc1ccc(Cl)cc1. The fourth-order valence-electron chi connectivity index (χ4n) is 3.45. The molecule has 0 aromatic heterocycles. The van der Waals surface area contributed by atoms with Crippen molar-refractivity contribution in [3.63, 3.8) is 0 Å². The summed E-state index contributed by atoms with van der Waals surface area (Å²) in [6.45, 7) is 7.07. The molecule has 0 saturated carbocycles. The van der Waals surface area contributed by atoms with Gasteiger partial charge in [-0.05, 0) is 49.7 Å². The Bertz CT molecular complexity index is 659. The predicted molar refractivity (Wildman–Crippen MR) is 104 cm³/mol. The minimum atomic E-state index is 0.556. The van der Waals surface area contributed by atoms with Crippen LogP contribution in [0.3, 0.4) is 0 Å². The first-order chi connectivity index (χ1) is 12.3. The third-order valence-electron chi connectivity index (χ3n) is 4.88. The average molecular weight is 359 g/mol. The lowest BCUT2D eigenvalue weighted by atomic mass is 10.1. The predicted octanol–water partition coefficient (Wildman–Crippen LogP) is 4.49. The summed E-state index contributed by atoms with van der Waals surface area (Å²) in [5, 5.41) is 4.37. The molecule has 3 nitrogen and oxygen atoms in total. The molecule has 0 aliphatic carbocycles. The van der Waals surface area contributed by atoms with Gasteiger partial charge in [-0.25, -0.2) is 0 Å². The van der Waals surface area contributed by atoms with Crippen LogP contribution in [0.1, 0.15) is 30.9 Å². The molecule has 4 heteroatoms. The van der Waals surface area contributed by atoms with Crippen molar-refractivity contribution in [1.82, 2.24) is 10.2 Å². The summed E-state index contributed by atoms with van der Waals surface area (Å²) in [7, 11) is 0. The molecule has 25 heavy (non-hydrogen) atoms. The summed E-state index contributed by atoms with van der Waals surface area (Å²) in [4.78, 5) is 2.57. The highest BCUT2D eigenvalue weighted by Gasteiger charge is 2.22. The number of nitrogens with one attached hydrogen (secondary N) is 1. The summed E-state index contributed by atoms with van der Waals surface area (Å²) < 4.78 is 6.03. The van der Waals surface area contributed by atoms with Crippen LogP contribution in [-0.4, -0.2) is 30.6 Å². The van der Waals surface area contributed by atoms with Crippen LogP contribution in [0.25, 0.3) is 0 Å². The van der Waals surface area contributed by atoms with E-state index < -0.39 is 0 Å². The second-order valence-electron chi connectivity index (χ2n) is 6.58. The maximum Gasteiger partial charge on any atom is 0.124 e. The van der Waals surface area contributed by atoms with Crippen LogP contribution >= 0.6 is 11.6 Å². The first kappa shape index (κ1) is 18.2. The van der Waals surface area contributed by atoms with Crippen molar-refractivity contribution in [2.75, 3.05) is 19.6 Å². The fraction of sp³-hybridized carbons (Fsp3) is 0.429. The van der Waals surface area contributed by atoms with Crippen molar-refractivity contribution >= 4 is 11.6 Å². The van der Waals surface area contributed by atoms with Crippen molar-refractivity contribution in [2.45, 2.75) is 39.0 Å². The minimum absolute atomic E-state index is 0.556. The number of para-hydroxylation sites is 1. The van der Waals surface area contributed by atoms with Gasteiger partial charge >= 0.3 is 0 Å². The lowest BCUT2D eigenvalue weighted by molar-refractivity contribution is 0.259. The first-order valence-corrected chi connectivity index (χ1v) is 9.54. The summed E-state index contributed by atoms with van der Waals surface area (Å²) in [5.74, 6) is 0.948. The molecule has 1 atom stereocenters. The lowest BCUT2D eigenvalue weighted by Gasteiger charge is -2.23. The van der Waals surface area contributed by atoms with Crippen molar-refractivity contribution in [1.29, 1.82) is 0 Å². The minimum Gasteiger partial charge on any atom is -0.489 e. The third-order valence-corrected chi connectivity index (χ3v) is 5.13. The molecule has 1 aliphatic rings. The van der Waals surface area contributed by atoms with Crippen LogP contribution in [0.2, 0.25) is 5.02 Å². The molecule has 0 spiro atoms. The van der Waals surface area contributed by atoms with E-state index in [1.165, 1.54) is 24.9 Å². The molecule has 2 aromatic carbocycles. The molecule has 1 N–H and O–H groups in total. The third kappa shape index (κ3) is 5.21. The van der Waals surface area contributed by atoms with Gasteiger partial charge in [-0.1, -0.05) is 48.9 Å². The molecular weight excluding hydrogens is 332 g/mol. The van der Waals surface area contributed by atoms with E-state index in [2.05, 4.69) is 29.3 Å². The standard InChI is InChI=1S/C21H27ClN2O/c1-2-24-13-5-7-20(24)15-23-14-18-6-3-4-8-21(18)25-16-17-9-11-19(22)12-10-17/h3-4,6,8-12,20,23H,2,5,7,13-16H2,1H3/t20-/m0/s1. The van der Waals surface area contributed by atoms with Crippen LogP contribution < -0.4 is 10.1 Å². The zero-order chi connectivity index (χ0) is 17.5. The second kappa shape index (κ2) is 9.23. The quantitative estimate of drug-likeness (QED) is 0.752. The fourth-order valence-corrected chi connectivity index (χ4v) is 3.57. The number of hydrogen-bond donors (Lipinski definition) is 1. The molecule has 3 rings (SSSR count). The Balaban J connectivity index is 1.52. The molecule has 0 radical (unpaired) electrons. The summed E-state index contributed by atoms with van der Waals surface area (Å²) in [6, 6.07) is 16.7. The molecule has 1 saturated heterocycles. The van der Waals surface area contributed by atoms with Gasteiger partial charge in [0.1, 0.15) is 12.4 Å². The van der Waals surface area contributed by atoms with Gasteiger partial charge in [-0.15, -0.1) is 0 Å². The average Bonchev–Trinajstić information content (AvgIpc) is 3.10. The Morgan fingerprint density at radius 2 is 1.96 bits per heavy atom. The highest BCUT2D eigenvalue weighted by atomic mass is 35.5. The Hall–Kier alpha value is -1.55. The number of nitrogens with zero attached hydrogens (tertiary/aromatic N) is 1. The lowest BCUT2D eigenvalue weighted by Crippen LogP contribution is -2.37. The number of ether oxygens (including phenoxy) is 1. The monoisotopic (exact) mass is 358 g/mol. The molecule has 134 valence electrons. The van der Waals surface area contributed by atoms with Gasteiger partial charge in [-0.3, -0.25) is 4.90 Å². The van der Waals surface area contributed by atoms with Crippen LogP contribution in [0, 0.1) is 0 Å². The molecule has 0 unspecified atom stereocenters. The summed E-state index contributed by atoms with van der Waals surface area (Å²) in [6.07, 6.45) is 2.62. The first-order valence-electron chi connectivity index (χ1n) is 9.16. The number of hydrogen-bond acceptors (Lipinski definition) is 3. The molecule has 1 aliphatic heterocycles. The largest absolute Gasteiger partial charge is 0.489 e. The molecule has 0 amide bonds. The van der Waals surface area contributed by atoms with Gasteiger partial charge in [0.15, 0.2) is 0 Å². The van der Waals surface area contributed by atoms with Crippen molar-refractivity contribution in [3.8, 4) is 5.75 Å². The van der Waals surface area contributed by atoms with Gasteiger partial charge < -0.3 is 10.1 Å². The number of benzene rings is 2. The molecule has 1 heterocycles. The van der Waals surface area contributed by atoms with Crippen molar-refractivity contribution in [3.05, 3.63) is 64.7 Å². The Kier molecular flexibility index (Phi) is 6.74. The normalized spacial score (nSPS) is 17.8. The van der Waals surface area contributed by atoms with Gasteiger partial charge in [0.05, 0.1) is 0 Å². The van der Waals surface area contributed by atoms with E-state index in [9.17, 15) is 0 Å². The summed E-state index contributed by atoms with van der Waals surface area (Å²) >= 11 is 5.93. The van der Waals surface area contributed by atoms with E-state index in [1.807, 2.05) is 36.4 Å².